The van der Waals surface area contributed by atoms with Crippen molar-refractivity contribution in [2.75, 3.05) is 36.8 Å². The molecular formula is C24H30FN3O3S2. The van der Waals surface area contributed by atoms with Gasteiger partial charge in [-0.3, -0.25) is 9.69 Å². The number of fused-ring (bicyclic) bond motifs is 1. The van der Waals surface area contributed by atoms with E-state index in [-0.39, 0.29) is 23.0 Å². The third kappa shape index (κ3) is 5.96. The van der Waals surface area contributed by atoms with Crippen molar-refractivity contribution in [3.8, 4) is 0 Å². The number of aromatic nitrogens is 1. The van der Waals surface area contributed by atoms with Crippen molar-refractivity contribution in [2.45, 2.75) is 39.0 Å². The molecule has 1 amide bonds. The second-order valence-corrected chi connectivity index (χ2v) is 11.1. The fourth-order valence-corrected chi connectivity index (χ4v) is 5.97. The van der Waals surface area contributed by atoms with Crippen molar-refractivity contribution in [3.05, 3.63) is 53.3 Å². The van der Waals surface area contributed by atoms with Crippen LogP contribution in [0.2, 0.25) is 0 Å². The fourth-order valence-electron chi connectivity index (χ4n) is 3.59. The molecule has 2 aromatic carbocycles. The van der Waals surface area contributed by atoms with Gasteiger partial charge in [-0.1, -0.05) is 37.3 Å². The van der Waals surface area contributed by atoms with E-state index in [1.807, 2.05) is 26.0 Å². The van der Waals surface area contributed by atoms with E-state index in [9.17, 15) is 17.6 Å². The summed E-state index contributed by atoms with van der Waals surface area (Å²) in [5.74, 6) is -1.14. The van der Waals surface area contributed by atoms with Gasteiger partial charge in [0.2, 0.25) is 5.91 Å². The number of nitrogens with zero attached hydrogens (tertiary/aromatic N) is 3. The molecule has 0 aliphatic carbocycles. The summed E-state index contributed by atoms with van der Waals surface area (Å²) in [6, 6.07) is 8.72. The number of thiazole rings is 1. The molecule has 0 saturated heterocycles. The molecule has 0 unspecified atom stereocenters. The van der Waals surface area contributed by atoms with Crippen LogP contribution in [0.1, 0.15) is 31.4 Å². The molecule has 0 bridgehead atoms. The lowest BCUT2D eigenvalue weighted by Gasteiger charge is -2.24. The summed E-state index contributed by atoms with van der Waals surface area (Å²) in [6.45, 7) is 10.9. The van der Waals surface area contributed by atoms with Gasteiger partial charge in [-0.2, -0.15) is 0 Å². The van der Waals surface area contributed by atoms with Crippen LogP contribution in [0.4, 0.5) is 9.52 Å². The molecule has 6 nitrogen and oxygen atoms in total. The first-order valence-corrected chi connectivity index (χ1v) is 13.5. The summed E-state index contributed by atoms with van der Waals surface area (Å²) < 4.78 is 39.6. The van der Waals surface area contributed by atoms with Gasteiger partial charge in [0.05, 0.1) is 20.9 Å². The smallest absolute Gasteiger partial charge is 0.229 e. The fraction of sp³-hybridized carbons (Fsp3) is 0.417. The largest absolute Gasteiger partial charge is 0.302 e. The van der Waals surface area contributed by atoms with Crippen LogP contribution in [0, 0.1) is 19.7 Å². The zero-order chi connectivity index (χ0) is 24.2. The van der Waals surface area contributed by atoms with Gasteiger partial charge >= 0.3 is 0 Å². The van der Waals surface area contributed by atoms with Gasteiger partial charge in [0, 0.05) is 19.5 Å². The lowest BCUT2D eigenvalue weighted by Crippen LogP contribution is -2.39. The number of halogens is 1. The maximum atomic E-state index is 13.3. The highest BCUT2D eigenvalue weighted by Gasteiger charge is 2.24. The van der Waals surface area contributed by atoms with Crippen LogP contribution in [-0.2, 0) is 14.6 Å². The van der Waals surface area contributed by atoms with Crippen molar-refractivity contribution in [2.24, 2.45) is 0 Å². The van der Waals surface area contributed by atoms with Crippen molar-refractivity contribution < 1.29 is 17.6 Å². The average Bonchev–Trinajstić information content (AvgIpc) is 3.24. The molecule has 0 aliphatic rings. The molecular weight excluding hydrogens is 461 g/mol. The van der Waals surface area contributed by atoms with Crippen LogP contribution in [-0.4, -0.2) is 56.1 Å². The first kappa shape index (κ1) is 25.3. The molecule has 178 valence electrons. The summed E-state index contributed by atoms with van der Waals surface area (Å²) in [7, 11) is -3.71. The summed E-state index contributed by atoms with van der Waals surface area (Å²) in [5, 5.41) is 0.582. The molecule has 1 aromatic heterocycles. The zero-order valence-electron chi connectivity index (χ0n) is 19.5. The first-order chi connectivity index (χ1) is 15.7. The molecule has 0 saturated carbocycles. The van der Waals surface area contributed by atoms with Gasteiger partial charge in [0.1, 0.15) is 5.82 Å². The van der Waals surface area contributed by atoms with Gasteiger partial charge in [-0.15, -0.1) is 0 Å². The standard InChI is InChI=1S/C24H30FN3O3S2/c1-5-27(6-2)14-15-28(24-26-22-17(3)7-8-18(4)23(22)32-24)21(29)13-16-33(30,31)20-11-9-19(25)10-12-20/h7-12H,5-6,13-16H2,1-4H3. The van der Waals surface area contributed by atoms with Gasteiger partial charge in [0.15, 0.2) is 15.0 Å². The number of hydrogen-bond acceptors (Lipinski definition) is 6. The zero-order valence-corrected chi connectivity index (χ0v) is 21.1. The monoisotopic (exact) mass is 491 g/mol. The van der Waals surface area contributed by atoms with Gasteiger partial charge < -0.3 is 4.90 Å². The van der Waals surface area contributed by atoms with Crippen LogP contribution in [0.15, 0.2) is 41.3 Å². The molecule has 33 heavy (non-hydrogen) atoms. The summed E-state index contributed by atoms with van der Waals surface area (Å²) >= 11 is 1.46. The SMILES string of the molecule is CCN(CC)CCN(C(=O)CCS(=O)(=O)c1ccc(F)cc1)c1nc2c(C)ccc(C)c2s1. The molecule has 0 aliphatic heterocycles. The van der Waals surface area contributed by atoms with Crippen molar-refractivity contribution in [3.63, 3.8) is 0 Å². The number of benzene rings is 2. The van der Waals surface area contributed by atoms with E-state index in [0.717, 1.165) is 46.6 Å². The molecule has 0 spiro atoms. The van der Waals surface area contributed by atoms with E-state index in [2.05, 4.69) is 18.7 Å². The normalized spacial score (nSPS) is 11.9. The van der Waals surface area contributed by atoms with Gasteiger partial charge in [0.25, 0.3) is 0 Å². The minimum absolute atomic E-state index is 0.0117. The summed E-state index contributed by atoms with van der Waals surface area (Å²) in [6.07, 6.45) is -0.175. The number of sulfone groups is 1. The highest BCUT2D eigenvalue weighted by molar-refractivity contribution is 7.91. The number of aryl methyl sites for hydroxylation is 2. The van der Waals surface area contributed by atoms with Crippen LogP contribution < -0.4 is 4.90 Å². The average molecular weight is 492 g/mol. The third-order valence-electron chi connectivity index (χ3n) is 5.75. The van der Waals surface area contributed by atoms with E-state index < -0.39 is 15.7 Å². The molecule has 0 atom stereocenters. The minimum atomic E-state index is -3.71. The van der Waals surface area contributed by atoms with Gasteiger partial charge in [-0.05, 0) is 62.3 Å². The number of likely N-dealkylation sites (N-methyl/N-ethyl adjacent to an activating group) is 1. The first-order valence-electron chi connectivity index (χ1n) is 11.0. The number of amides is 1. The summed E-state index contributed by atoms with van der Waals surface area (Å²) in [5.41, 5.74) is 3.00. The maximum Gasteiger partial charge on any atom is 0.229 e. The highest BCUT2D eigenvalue weighted by Crippen LogP contribution is 2.33. The Kier molecular flexibility index (Phi) is 8.20. The molecule has 0 N–H and O–H groups in total. The van der Waals surface area contributed by atoms with E-state index in [4.69, 9.17) is 4.98 Å². The Morgan fingerprint density at radius 1 is 1.00 bits per heavy atom. The molecule has 3 rings (SSSR count). The lowest BCUT2D eigenvalue weighted by atomic mass is 10.1. The van der Waals surface area contributed by atoms with Crippen molar-refractivity contribution in [1.82, 2.24) is 9.88 Å². The van der Waals surface area contributed by atoms with Crippen LogP contribution in [0.3, 0.4) is 0 Å². The van der Waals surface area contributed by atoms with Gasteiger partial charge in [-0.25, -0.2) is 17.8 Å². The number of carbonyl (C=O) groups is 1. The number of hydrogen-bond donors (Lipinski definition) is 0. The van der Waals surface area contributed by atoms with Crippen LogP contribution in [0.5, 0.6) is 0 Å². The maximum absolute atomic E-state index is 13.3. The Balaban J connectivity index is 1.86. The van der Waals surface area contributed by atoms with E-state index in [0.29, 0.717) is 18.2 Å². The Labute approximate surface area is 199 Å². The second kappa shape index (κ2) is 10.7. The van der Waals surface area contributed by atoms with E-state index >= 15 is 0 Å². The minimum Gasteiger partial charge on any atom is -0.302 e. The Morgan fingerprint density at radius 2 is 1.64 bits per heavy atom. The van der Waals surface area contributed by atoms with E-state index in [1.54, 1.807) is 4.90 Å². The predicted molar refractivity (Wildman–Crippen MR) is 132 cm³/mol. The Hall–Kier alpha value is -2.36. The number of carbonyl (C=O) groups excluding carboxylic acids is 1. The molecule has 1 heterocycles. The molecule has 0 fully saturated rings. The predicted octanol–water partition coefficient (Wildman–Crippen LogP) is 4.59. The quantitative estimate of drug-likeness (QED) is 0.388. The topological polar surface area (TPSA) is 70.6 Å². The second-order valence-electron chi connectivity index (χ2n) is 7.97. The highest BCUT2D eigenvalue weighted by atomic mass is 32.2. The van der Waals surface area contributed by atoms with Crippen molar-refractivity contribution >= 4 is 42.4 Å². The molecule has 0 radical (unpaired) electrons. The lowest BCUT2D eigenvalue weighted by molar-refractivity contribution is -0.118. The Morgan fingerprint density at radius 3 is 2.24 bits per heavy atom. The Bertz CT molecular complexity index is 1180. The summed E-state index contributed by atoms with van der Waals surface area (Å²) in [4.78, 5) is 21.8. The van der Waals surface area contributed by atoms with Crippen LogP contribution in [0.25, 0.3) is 10.2 Å². The van der Waals surface area contributed by atoms with E-state index in [1.165, 1.54) is 23.5 Å². The number of rotatable bonds is 10. The third-order valence-corrected chi connectivity index (χ3v) is 8.70. The molecule has 3 aromatic rings. The van der Waals surface area contributed by atoms with Crippen LogP contribution >= 0.6 is 11.3 Å². The van der Waals surface area contributed by atoms with Crippen molar-refractivity contribution in [1.29, 1.82) is 0 Å². The molecule has 9 heteroatoms. The number of anilines is 1.